The predicted octanol–water partition coefficient (Wildman–Crippen LogP) is 2.18. The smallest absolute Gasteiger partial charge is 0.359 e. The molecular formula is C20H25N3O4. The van der Waals surface area contributed by atoms with Gasteiger partial charge in [-0.3, -0.25) is 9.48 Å². The van der Waals surface area contributed by atoms with E-state index in [-0.39, 0.29) is 19.1 Å². The molecule has 144 valence electrons. The highest BCUT2D eigenvalue weighted by Crippen LogP contribution is 2.24. The molecule has 27 heavy (non-hydrogen) atoms. The molecule has 0 saturated heterocycles. The molecule has 1 aliphatic heterocycles. The number of aryl methyl sites for hydroxylation is 3. The van der Waals surface area contributed by atoms with Gasteiger partial charge in [0.05, 0.1) is 13.2 Å². The van der Waals surface area contributed by atoms with Crippen LogP contribution in [0.25, 0.3) is 0 Å². The van der Waals surface area contributed by atoms with E-state index >= 15 is 0 Å². The van der Waals surface area contributed by atoms with Crippen LogP contribution in [-0.2, 0) is 29.5 Å². The van der Waals surface area contributed by atoms with E-state index in [0.29, 0.717) is 31.0 Å². The normalized spacial score (nSPS) is 13.3. The number of aromatic nitrogens is 2. The van der Waals surface area contributed by atoms with Crippen molar-refractivity contribution in [3.8, 4) is 5.75 Å². The molecule has 2 aromatic rings. The third-order valence-corrected chi connectivity index (χ3v) is 4.75. The van der Waals surface area contributed by atoms with Gasteiger partial charge in [0, 0.05) is 31.3 Å². The Labute approximate surface area is 158 Å². The lowest BCUT2D eigenvalue weighted by Gasteiger charge is -2.27. The molecule has 1 aliphatic rings. The van der Waals surface area contributed by atoms with Crippen molar-refractivity contribution >= 4 is 11.9 Å². The SMILES string of the molecule is CCOC(=O)c1nn(C)c2c1CN(C(=O)COc1ccc(C)cc1C)CC2. The van der Waals surface area contributed by atoms with E-state index in [4.69, 9.17) is 9.47 Å². The lowest BCUT2D eigenvalue weighted by molar-refractivity contribution is -0.134. The van der Waals surface area contributed by atoms with Crippen LogP contribution in [-0.4, -0.2) is 46.3 Å². The largest absolute Gasteiger partial charge is 0.484 e. The maximum absolute atomic E-state index is 12.6. The van der Waals surface area contributed by atoms with Crippen LogP contribution in [0, 0.1) is 13.8 Å². The van der Waals surface area contributed by atoms with Crippen LogP contribution in [0.4, 0.5) is 0 Å². The highest BCUT2D eigenvalue weighted by Gasteiger charge is 2.30. The van der Waals surface area contributed by atoms with E-state index < -0.39 is 5.97 Å². The maximum Gasteiger partial charge on any atom is 0.359 e. The monoisotopic (exact) mass is 371 g/mol. The predicted molar refractivity (Wildman–Crippen MR) is 99.7 cm³/mol. The molecule has 3 rings (SSSR count). The summed E-state index contributed by atoms with van der Waals surface area (Å²) in [7, 11) is 1.81. The Morgan fingerprint density at radius 1 is 1.26 bits per heavy atom. The fourth-order valence-corrected chi connectivity index (χ4v) is 3.36. The molecular weight excluding hydrogens is 346 g/mol. The summed E-state index contributed by atoms with van der Waals surface area (Å²) >= 11 is 0. The lowest BCUT2D eigenvalue weighted by Crippen LogP contribution is -2.39. The minimum Gasteiger partial charge on any atom is -0.484 e. The van der Waals surface area contributed by atoms with E-state index in [1.807, 2.05) is 39.1 Å². The number of hydrogen-bond donors (Lipinski definition) is 0. The molecule has 0 atom stereocenters. The molecule has 0 aliphatic carbocycles. The number of hydrogen-bond acceptors (Lipinski definition) is 5. The van der Waals surface area contributed by atoms with Gasteiger partial charge in [0.25, 0.3) is 5.91 Å². The number of ether oxygens (including phenoxy) is 2. The van der Waals surface area contributed by atoms with Crippen molar-refractivity contribution in [1.29, 1.82) is 0 Å². The van der Waals surface area contributed by atoms with Crippen molar-refractivity contribution < 1.29 is 19.1 Å². The second-order valence-corrected chi connectivity index (χ2v) is 6.74. The second-order valence-electron chi connectivity index (χ2n) is 6.74. The number of esters is 1. The molecule has 1 aromatic carbocycles. The van der Waals surface area contributed by atoms with Crippen LogP contribution < -0.4 is 4.74 Å². The van der Waals surface area contributed by atoms with Gasteiger partial charge in [-0.15, -0.1) is 0 Å². The standard InChI is InChI=1S/C20H25N3O4/c1-5-26-20(25)19-15-11-23(9-8-16(15)22(4)21-19)18(24)12-27-17-7-6-13(2)10-14(17)3/h6-7,10H,5,8-9,11-12H2,1-4H3. The van der Waals surface area contributed by atoms with Crippen molar-refractivity contribution in [3.63, 3.8) is 0 Å². The van der Waals surface area contributed by atoms with Gasteiger partial charge in [0.2, 0.25) is 0 Å². The van der Waals surface area contributed by atoms with Gasteiger partial charge in [-0.25, -0.2) is 4.79 Å². The van der Waals surface area contributed by atoms with E-state index in [1.54, 1.807) is 16.5 Å². The van der Waals surface area contributed by atoms with Gasteiger partial charge in [-0.2, -0.15) is 5.10 Å². The fourth-order valence-electron chi connectivity index (χ4n) is 3.36. The minimum absolute atomic E-state index is 0.0335. The number of carbonyl (C=O) groups excluding carboxylic acids is 2. The number of rotatable bonds is 5. The Kier molecular flexibility index (Phi) is 5.48. The van der Waals surface area contributed by atoms with E-state index in [1.165, 1.54) is 0 Å². The Bertz CT molecular complexity index is 872. The van der Waals surface area contributed by atoms with Crippen molar-refractivity contribution in [2.24, 2.45) is 7.05 Å². The molecule has 1 aromatic heterocycles. The summed E-state index contributed by atoms with van der Waals surface area (Å²) in [6.07, 6.45) is 0.646. The first-order valence-corrected chi connectivity index (χ1v) is 9.10. The summed E-state index contributed by atoms with van der Waals surface area (Å²) in [5.41, 5.74) is 4.18. The molecule has 1 amide bonds. The lowest BCUT2D eigenvalue weighted by atomic mass is 10.0. The number of carbonyl (C=O) groups is 2. The van der Waals surface area contributed by atoms with Crippen LogP contribution in [0.5, 0.6) is 5.75 Å². The zero-order chi connectivity index (χ0) is 19.6. The zero-order valence-corrected chi connectivity index (χ0v) is 16.2. The average molecular weight is 371 g/mol. The molecule has 0 bridgehead atoms. The Morgan fingerprint density at radius 2 is 2.04 bits per heavy atom. The Morgan fingerprint density at radius 3 is 2.74 bits per heavy atom. The molecule has 0 fully saturated rings. The van der Waals surface area contributed by atoms with Crippen LogP contribution in [0.15, 0.2) is 18.2 Å². The topological polar surface area (TPSA) is 73.7 Å². The first-order chi connectivity index (χ1) is 12.9. The van der Waals surface area contributed by atoms with Gasteiger partial charge in [-0.1, -0.05) is 17.7 Å². The highest BCUT2D eigenvalue weighted by molar-refractivity contribution is 5.89. The minimum atomic E-state index is -0.449. The van der Waals surface area contributed by atoms with Gasteiger partial charge in [-0.05, 0) is 32.4 Å². The molecule has 7 heteroatoms. The first-order valence-electron chi connectivity index (χ1n) is 9.10. The average Bonchev–Trinajstić information content (AvgIpc) is 2.97. The zero-order valence-electron chi connectivity index (χ0n) is 16.2. The van der Waals surface area contributed by atoms with E-state index in [2.05, 4.69) is 5.10 Å². The number of nitrogens with zero attached hydrogens (tertiary/aromatic N) is 3. The molecule has 0 spiro atoms. The highest BCUT2D eigenvalue weighted by atomic mass is 16.5. The van der Waals surface area contributed by atoms with Crippen LogP contribution in [0.1, 0.15) is 39.8 Å². The van der Waals surface area contributed by atoms with Crippen molar-refractivity contribution in [1.82, 2.24) is 14.7 Å². The fraction of sp³-hybridized carbons (Fsp3) is 0.450. The van der Waals surface area contributed by atoms with Crippen molar-refractivity contribution in [3.05, 3.63) is 46.3 Å². The third-order valence-electron chi connectivity index (χ3n) is 4.75. The number of benzene rings is 1. The summed E-state index contributed by atoms with van der Waals surface area (Å²) < 4.78 is 12.5. The van der Waals surface area contributed by atoms with E-state index in [9.17, 15) is 9.59 Å². The van der Waals surface area contributed by atoms with Gasteiger partial charge >= 0.3 is 5.97 Å². The molecule has 7 nitrogen and oxygen atoms in total. The maximum atomic E-state index is 12.6. The van der Waals surface area contributed by atoms with Crippen LogP contribution in [0.3, 0.4) is 0 Å². The Hall–Kier alpha value is -2.83. The molecule has 0 N–H and O–H groups in total. The Balaban J connectivity index is 1.69. The molecule has 0 radical (unpaired) electrons. The first kappa shape index (κ1) is 18.9. The van der Waals surface area contributed by atoms with E-state index in [0.717, 1.165) is 22.4 Å². The summed E-state index contributed by atoms with van der Waals surface area (Å²) in [6, 6.07) is 5.86. The van der Waals surface area contributed by atoms with Gasteiger partial charge in [0.1, 0.15) is 5.75 Å². The van der Waals surface area contributed by atoms with Crippen molar-refractivity contribution in [2.75, 3.05) is 19.8 Å². The summed E-state index contributed by atoms with van der Waals surface area (Å²) in [5.74, 6) is 0.148. The summed E-state index contributed by atoms with van der Waals surface area (Å²) in [6.45, 7) is 6.90. The third kappa shape index (κ3) is 3.97. The summed E-state index contributed by atoms with van der Waals surface area (Å²) in [4.78, 5) is 26.5. The van der Waals surface area contributed by atoms with Gasteiger partial charge < -0.3 is 14.4 Å². The molecule has 0 unspecified atom stereocenters. The van der Waals surface area contributed by atoms with Gasteiger partial charge in [0.15, 0.2) is 12.3 Å². The second kappa shape index (κ2) is 7.82. The van der Waals surface area contributed by atoms with Crippen LogP contribution >= 0.6 is 0 Å². The van der Waals surface area contributed by atoms with Crippen LogP contribution in [0.2, 0.25) is 0 Å². The number of fused-ring (bicyclic) bond motifs is 1. The van der Waals surface area contributed by atoms with Crippen molar-refractivity contribution in [2.45, 2.75) is 33.7 Å². The molecule has 0 saturated carbocycles. The quantitative estimate of drug-likeness (QED) is 0.753. The summed E-state index contributed by atoms with van der Waals surface area (Å²) in [5, 5.41) is 4.29. The number of amides is 1. The molecule has 2 heterocycles.